The number of pyridine rings is 1. The van der Waals surface area contributed by atoms with Gasteiger partial charge in [0, 0.05) is 24.8 Å². The Labute approximate surface area is 102 Å². The summed E-state index contributed by atoms with van der Waals surface area (Å²) >= 11 is 1.30. The van der Waals surface area contributed by atoms with Gasteiger partial charge in [-0.15, -0.1) is 0 Å². The average molecular weight is 272 g/mol. The van der Waals surface area contributed by atoms with Crippen molar-refractivity contribution in [2.45, 2.75) is 6.29 Å². The third kappa shape index (κ3) is 3.17. The number of hydrogen-bond donors (Lipinski definition) is 1. The van der Waals surface area contributed by atoms with Gasteiger partial charge in [0.05, 0.1) is 0 Å². The summed E-state index contributed by atoms with van der Waals surface area (Å²) in [7, 11) is -2.31. The van der Waals surface area contributed by atoms with Crippen molar-refractivity contribution in [2.24, 2.45) is 0 Å². The summed E-state index contributed by atoms with van der Waals surface area (Å²) in [5.41, 5.74) is 0.925. The summed E-state index contributed by atoms with van der Waals surface area (Å²) < 4.78 is 21.4. The molecular weight excluding hydrogens is 261 g/mol. The van der Waals surface area contributed by atoms with Crippen LogP contribution >= 0.6 is 19.1 Å². The number of rotatable bonds is 4. The fourth-order valence-electron chi connectivity index (χ4n) is 1.26. The van der Waals surface area contributed by atoms with Gasteiger partial charge in [-0.25, -0.2) is 4.98 Å². The second-order valence-electron chi connectivity index (χ2n) is 3.31. The van der Waals surface area contributed by atoms with Gasteiger partial charge in [0.25, 0.3) is 0 Å². The molecule has 17 heavy (non-hydrogen) atoms. The minimum Gasteiger partial charge on any atom is -0.320 e. The molecule has 0 aliphatic carbocycles. The molecule has 1 unspecified atom stereocenters. The van der Waals surface area contributed by atoms with Crippen molar-refractivity contribution < 1.29 is 18.5 Å². The van der Waals surface area contributed by atoms with Gasteiger partial charge in [-0.05, 0) is 11.5 Å². The van der Waals surface area contributed by atoms with Gasteiger partial charge in [0.1, 0.15) is 11.3 Å². The molecule has 2 aromatic heterocycles. The summed E-state index contributed by atoms with van der Waals surface area (Å²) in [4.78, 5) is 13.4. The molecular formula is C9H11N3O3PS+. The van der Waals surface area contributed by atoms with Gasteiger partial charge in [0.2, 0.25) is 6.29 Å². The molecule has 0 fully saturated rings. The second-order valence-corrected chi connectivity index (χ2v) is 6.01. The van der Waals surface area contributed by atoms with Crippen LogP contribution in [0.25, 0.3) is 10.6 Å². The Bertz CT molecular complexity index is 529. The van der Waals surface area contributed by atoms with Crippen molar-refractivity contribution in [3.05, 3.63) is 30.9 Å². The first kappa shape index (κ1) is 12.3. The van der Waals surface area contributed by atoms with E-state index in [2.05, 4.69) is 13.9 Å². The average Bonchev–Trinajstić information content (AvgIpc) is 2.83. The van der Waals surface area contributed by atoms with Crippen molar-refractivity contribution in [3.63, 3.8) is 0 Å². The van der Waals surface area contributed by atoms with Gasteiger partial charge in [-0.3, -0.25) is 4.57 Å². The van der Waals surface area contributed by atoms with E-state index in [9.17, 15) is 9.46 Å². The smallest absolute Gasteiger partial charge is 0.320 e. The highest BCUT2D eigenvalue weighted by Gasteiger charge is 2.23. The molecule has 0 radical (unpaired) electrons. The predicted molar refractivity (Wildman–Crippen MR) is 62.4 cm³/mol. The highest BCUT2D eigenvalue weighted by molar-refractivity contribution is 7.51. The molecule has 2 heterocycles. The first-order valence-electron chi connectivity index (χ1n) is 4.74. The largest absolute Gasteiger partial charge is 0.392 e. The summed E-state index contributed by atoms with van der Waals surface area (Å²) in [6, 6.07) is 3.63. The van der Waals surface area contributed by atoms with Gasteiger partial charge < -0.3 is 9.42 Å². The Balaban J connectivity index is 2.17. The van der Waals surface area contributed by atoms with E-state index in [0.29, 0.717) is 0 Å². The maximum Gasteiger partial charge on any atom is 0.392 e. The van der Waals surface area contributed by atoms with Crippen LogP contribution in [0, 0.1) is 0 Å². The summed E-state index contributed by atoms with van der Waals surface area (Å²) in [6.45, 7) is 0. The Kier molecular flexibility index (Phi) is 3.63. The molecule has 0 aliphatic heterocycles. The normalized spacial score (nSPS) is 14.5. The first-order valence-corrected chi connectivity index (χ1v) is 7.28. The summed E-state index contributed by atoms with van der Waals surface area (Å²) in [5, 5.41) is 0.816. The topological polar surface area (TPSA) is 76.2 Å². The minimum absolute atomic E-state index is 0.0695. The van der Waals surface area contributed by atoms with Crippen molar-refractivity contribution >= 4 is 19.1 Å². The van der Waals surface area contributed by atoms with E-state index in [1.807, 2.05) is 12.1 Å². The van der Waals surface area contributed by atoms with Crippen LogP contribution in [0.3, 0.4) is 0 Å². The number of aromatic nitrogens is 3. The van der Waals surface area contributed by atoms with Crippen molar-refractivity contribution in [1.29, 1.82) is 0 Å². The standard InChI is InChI=1S/C9H10N3O3PS/c1-15-16(13,14)7-12-4-2-8(3-5-12)9-10-6-11-17-9/h2-6H,7H2,1H3/p+1. The lowest BCUT2D eigenvalue weighted by atomic mass is 10.3. The molecule has 0 saturated heterocycles. The Morgan fingerprint density at radius 2 is 2.24 bits per heavy atom. The fourth-order valence-corrected chi connectivity index (χ4v) is 2.51. The molecule has 2 aromatic rings. The van der Waals surface area contributed by atoms with Crippen LogP contribution in [0.2, 0.25) is 0 Å². The van der Waals surface area contributed by atoms with E-state index in [0.717, 1.165) is 10.6 Å². The lowest BCUT2D eigenvalue weighted by molar-refractivity contribution is -0.679. The van der Waals surface area contributed by atoms with Crippen LogP contribution < -0.4 is 4.57 Å². The molecule has 90 valence electrons. The lowest BCUT2D eigenvalue weighted by Crippen LogP contribution is -2.32. The van der Waals surface area contributed by atoms with E-state index in [1.165, 1.54) is 25.0 Å². The summed E-state index contributed by atoms with van der Waals surface area (Å²) in [6.07, 6.45) is 4.84. The van der Waals surface area contributed by atoms with E-state index in [1.54, 1.807) is 17.0 Å². The van der Waals surface area contributed by atoms with E-state index >= 15 is 0 Å². The van der Waals surface area contributed by atoms with Crippen LogP contribution in [0.5, 0.6) is 0 Å². The third-order valence-corrected chi connectivity index (χ3v) is 4.10. The maximum absolute atomic E-state index is 11.4. The Morgan fingerprint density at radius 1 is 1.53 bits per heavy atom. The zero-order valence-corrected chi connectivity index (χ0v) is 10.8. The lowest BCUT2D eigenvalue weighted by Gasteiger charge is -2.04. The fraction of sp³-hybridized carbons (Fsp3) is 0.222. The Hall–Kier alpha value is -1.14. The van der Waals surface area contributed by atoms with Gasteiger partial charge in [-0.1, -0.05) is 0 Å². The Morgan fingerprint density at radius 3 is 2.76 bits per heavy atom. The molecule has 0 saturated carbocycles. The minimum atomic E-state index is -3.53. The molecule has 1 atom stereocenters. The van der Waals surface area contributed by atoms with E-state index < -0.39 is 7.60 Å². The van der Waals surface area contributed by atoms with Gasteiger partial charge in [0.15, 0.2) is 12.4 Å². The molecule has 6 nitrogen and oxygen atoms in total. The zero-order chi connectivity index (χ0) is 12.3. The molecule has 8 heteroatoms. The second kappa shape index (κ2) is 5.01. The molecule has 0 bridgehead atoms. The van der Waals surface area contributed by atoms with Gasteiger partial charge >= 0.3 is 7.60 Å². The van der Waals surface area contributed by atoms with Crippen LogP contribution in [0.1, 0.15) is 0 Å². The number of hydrogen-bond acceptors (Lipinski definition) is 5. The highest BCUT2D eigenvalue weighted by atomic mass is 32.1. The first-order chi connectivity index (χ1) is 8.11. The SMILES string of the molecule is COP(=O)(O)C[n+]1ccc(-c2ncns2)cc1. The van der Waals surface area contributed by atoms with Crippen molar-refractivity contribution in [3.8, 4) is 10.6 Å². The quantitative estimate of drug-likeness (QED) is 0.670. The molecule has 0 aliphatic rings. The van der Waals surface area contributed by atoms with Crippen LogP contribution in [-0.2, 0) is 15.4 Å². The van der Waals surface area contributed by atoms with Crippen LogP contribution in [0.15, 0.2) is 30.9 Å². The van der Waals surface area contributed by atoms with Gasteiger partial charge in [-0.2, -0.15) is 8.94 Å². The third-order valence-electron chi connectivity index (χ3n) is 2.13. The van der Waals surface area contributed by atoms with E-state index in [-0.39, 0.29) is 6.29 Å². The molecule has 2 rings (SSSR count). The maximum atomic E-state index is 11.4. The molecule has 0 aromatic carbocycles. The zero-order valence-electron chi connectivity index (χ0n) is 9.05. The molecule has 0 spiro atoms. The van der Waals surface area contributed by atoms with Crippen LogP contribution in [0.4, 0.5) is 0 Å². The molecule has 1 N–H and O–H groups in total. The highest BCUT2D eigenvalue weighted by Crippen LogP contribution is 2.40. The predicted octanol–water partition coefficient (Wildman–Crippen LogP) is 1.28. The van der Waals surface area contributed by atoms with Crippen LogP contribution in [-0.4, -0.2) is 21.4 Å². The summed E-state index contributed by atoms with van der Waals surface area (Å²) in [5.74, 6) is 0. The number of nitrogens with zero attached hydrogens (tertiary/aromatic N) is 3. The van der Waals surface area contributed by atoms with Crippen molar-refractivity contribution in [2.75, 3.05) is 7.11 Å². The van der Waals surface area contributed by atoms with Crippen molar-refractivity contribution in [1.82, 2.24) is 9.36 Å². The molecule has 0 amide bonds. The monoisotopic (exact) mass is 272 g/mol. The van der Waals surface area contributed by atoms with E-state index in [4.69, 9.17) is 0 Å².